The van der Waals surface area contributed by atoms with Crippen LogP contribution in [0, 0.1) is 11.8 Å². The van der Waals surface area contributed by atoms with Crippen molar-refractivity contribution in [3.05, 3.63) is 18.2 Å². The lowest BCUT2D eigenvalue weighted by molar-refractivity contribution is -0.143. The molecule has 0 aliphatic heterocycles. The second-order valence-corrected chi connectivity index (χ2v) is 12.5. The van der Waals surface area contributed by atoms with Crippen LogP contribution in [-0.2, 0) is 40.0 Å². The number of H-pyrrole nitrogens is 1. The molecule has 1 heterocycles. The first-order chi connectivity index (χ1) is 22.5. The molecule has 270 valence electrons. The molecule has 0 radical (unpaired) electrons. The number of carboxylic acid groups (broad SMARTS) is 2. The zero-order valence-corrected chi connectivity index (χ0v) is 28.3. The molecule has 0 fully saturated rings. The number of aromatic nitrogens is 2. The Labute approximate surface area is 283 Å². The maximum absolute atomic E-state index is 13.4. The van der Waals surface area contributed by atoms with Crippen molar-refractivity contribution in [1.82, 2.24) is 36.6 Å². The van der Waals surface area contributed by atoms with Crippen LogP contribution in [-0.4, -0.2) is 115 Å². The summed E-state index contributed by atoms with van der Waals surface area (Å²) in [4.78, 5) is 94.9. The Balaban J connectivity index is 3.16. The highest BCUT2D eigenvalue weighted by atomic mass is 32.1. The first-order valence-corrected chi connectivity index (χ1v) is 16.0. The molecule has 0 aromatic carbocycles. The summed E-state index contributed by atoms with van der Waals surface area (Å²) in [5, 5.41) is 39.8. The maximum Gasteiger partial charge on any atom is 0.328 e. The van der Waals surface area contributed by atoms with E-state index in [1.54, 1.807) is 0 Å². The summed E-state index contributed by atoms with van der Waals surface area (Å²) < 4.78 is 0. The molecule has 1 aromatic rings. The molecular weight excluding hydrogens is 652 g/mol. The fraction of sp³-hybridized carbons (Fsp3) is 0.655. The lowest BCUT2D eigenvalue weighted by Crippen LogP contribution is -2.60. The van der Waals surface area contributed by atoms with Crippen LogP contribution in [0.4, 0.5) is 0 Å². The largest absolute Gasteiger partial charge is 0.481 e. The van der Waals surface area contributed by atoms with E-state index in [9.17, 15) is 48.9 Å². The highest BCUT2D eigenvalue weighted by molar-refractivity contribution is 7.80. The van der Waals surface area contributed by atoms with Gasteiger partial charge in [0.15, 0.2) is 0 Å². The van der Waals surface area contributed by atoms with Crippen LogP contribution >= 0.6 is 12.6 Å². The van der Waals surface area contributed by atoms with Crippen molar-refractivity contribution in [1.29, 1.82) is 0 Å². The Hall–Kier alpha value is -4.23. The summed E-state index contributed by atoms with van der Waals surface area (Å²) in [7, 11) is 0. The molecule has 5 amide bonds. The number of imidazole rings is 1. The highest BCUT2D eigenvalue weighted by Crippen LogP contribution is 2.10. The van der Waals surface area contributed by atoms with Gasteiger partial charge in [0.2, 0.25) is 29.5 Å². The standard InChI is InChI=1S/C29H48N8O10S/c1-14(2)7-17(30)24(41)34-19(8-15(3)4)26(43)33-18(5-6-23(39)40)25(42)37-22(12-48)28(45)35-20(9-16-10-31-13-32-16)27(44)36-21(11-38)29(46)47/h10,13-15,17-22,38,48H,5-9,11-12,30H2,1-4H3,(H,31,32)(H,33,43)(H,34,41)(H,35,45)(H,36,44)(H,37,42)(H,39,40)(H,46,47)/t17-,18-,19-,20-,21-,22-/m0/s1. The van der Waals surface area contributed by atoms with E-state index in [2.05, 4.69) is 49.2 Å². The maximum atomic E-state index is 13.4. The van der Waals surface area contributed by atoms with Crippen molar-refractivity contribution < 1.29 is 48.9 Å². The van der Waals surface area contributed by atoms with Crippen LogP contribution in [0.5, 0.6) is 0 Å². The number of hydrogen-bond donors (Lipinski definition) is 11. The molecule has 0 saturated carbocycles. The minimum absolute atomic E-state index is 0.0685. The van der Waals surface area contributed by atoms with Gasteiger partial charge in [0.05, 0.1) is 19.0 Å². The molecule has 18 nitrogen and oxygen atoms in total. The topological polar surface area (TPSA) is 295 Å². The lowest BCUT2D eigenvalue weighted by atomic mass is 10.00. The molecule has 6 atom stereocenters. The lowest BCUT2D eigenvalue weighted by Gasteiger charge is -2.27. The quantitative estimate of drug-likeness (QED) is 0.0568. The van der Waals surface area contributed by atoms with E-state index < -0.39 is 90.8 Å². The normalized spacial score (nSPS) is 14.9. The monoisotopic (exact) mass is 700 g/mol. The number of carbonyl (C=O) groups is 7. The minimum Gasteiger partial charge on any atom is -0.481 e. The van der Waals surface area contributed by atoms with Crippen LogP contribution in [0.3, 0.4) is 0 Å². The summed E-state index contributed by atoms with van der Waals surface area (Å²) in [5.74, 6) is -7.17. The predicted octanol–water partition coefficient (Wildman–Crippen LogP) is -2.33. The number of nitrogens with zero attached hydrogens (tertiary/aromatic N) is 1. The van der Waals surface area contributed by atoms with Crippen molar-refractivity contribution in [2.24, 2.45) is 17.6 Å². The summed E-state index contributed by atoms with van der Waals surface area (Å²) >= 11 is 4.12. The smallest absolute Gasteiger partial charge is 0.328 e. The second-order valence-electron chi connectivity index (χ2n) is 12.1. The van der Waals surface area contributed by atoms with Gasteiger partial charge in [-0.15, -0.1) is 0 Å². The molecule has 0 spiro atoms. The third-order valence-corrected chi connectivity index (χ3v) is 7.27. The zero-order valence-electron chi connectivity index (χ0n) is 27.4. The van der Waals surface area contributed by atoms with Gasteiger partial charge in [0.25, 0.3) is 0 Å². The number of amides is 5. The van der Waals surface area contributed by atoms with Crippen LogP contribution < -0.4 is 32.3 Å². The van der Waals surface area contributed by atoms with Crippen molar-refractivity contribution >= 4 is 54.1 Å². The number of carbonyl (C=O) groups excluding carboxylic acids is 5. The van der Waals surface area contributed by atoms with Gasteiger partial charge >= 0.3 is 11.9 Å². The third kappa shape index (κ3) is 15.1. The number of carboxylic acids is 2. The van der Waals surface area contributed by atoms with Crippen molar-refractivity contribution in [2.75, 3.05) is 12.4 Å². The molecule has 0 aliphatic rings. The van der Waals surface area contributed by atoms with Crippen LogP contribution in [0.15, 0.2) is 12.5 Å². The molecule has 11 N–H and O–H groups in total. The predicted molar refractivity (Wildman–Crippen MR) is 174 cm³/mol. The van der Waals surface area contributed by atoms with Crippen molar-refractivity contribution in [3.8, 4) is 0 Å². The van der Waals surface area contributed by atoms with E-state index in [-0.39, 0.29) is 36.9 Å². The molecule has 48 heavy (non-hydrogen) atoms. The van der Waals surface area contributed by atoms with E-state index in [1.807, 2.05) is 27.7 Å². The van der Waals surface area contributed by atoms with Gasteiger partial charge in [-0.3, -0.25) is 28.8 Å². The molecular formula is C29H48N8O10S. The average Bonchev–Trinajstić information content (AvgIpc) is 3.51. The van der Waals surface area contributed by atoms with Gasteiger partial charge in [-0.05, 0) is 31.1 Å². The van der Waals surface area contributed by atoms with Gasteiger partial charge in [-0.2, -0.15) is 12.6 Å². The summed E-state index contributed by atoms with van der Waals surface area (Å²) in [6.45, 7) is 6.48. The van der Waals surface area contributed by atoms with Crippen molar-refractivity contribution in [3.63, 3.8) is 0 Å². The number of thiol groups is 1. The first kappa shape index (κ1) is 41.8. The number of aliphatic hydroxyl groups is 1. The number of nitrogens with one attached hydrogen (secondary N) is 6. The molecule has 1 aromatic heterocycles. The average molecular weight is 701 g/mol. The van der Waals surface area contributed by atoms with E-state index in [0.29, 0.717) is 12.1 Å². The Kier molecular flexibility index (Phi) is 18.2. The molecule has 0 unspecified atom stereocenters. The van der Waals surface area contributed by atoms with Gasteiger partial charge in [0, 0.05) is 30.5 Å². The number of hydrogen-bond acceptors (Lipinski definition) is 11. The SMILES string of the molecule is CC(C)C[C@H](NC(=O)[C@@H](N)CC(C)C)C(=O)N[C@@H](CCC(=O)O)C(=O)N[C@@H](CS)C(=O)N[C@@H](Cc1cnc[nH]1)C(=O)N[C@@H](CO)C(=O)O. The summed E-state index contributed by atoms with van der Waals surface area (Å²) in [6, 6.07) is -7.90. The first-order valence-electron chi connectivity index (χ1n) is 15.4. The Morgan fingerprint density at radius 1 is 0.771 bits per heavy atom. The fourth-order valence-corrected chi connectivity index (χ4v) is 4.68. The highest BCUT2D eigenvalue weighted by Gasteiger charge is 2.33. The number of aliphatic carboxylic acids is 2. The Morgan fingerprint density at radius 2 is 1.27 bits per heavy atom. The van der Waals surface area contributed by atoms with Crippen LogP contribution in [0.2, 0.25) is 0 Å². The van der Waals surface area contributed by atoms with Gasteiger partial charge in [-0.1, -0.05) is 27.7 Å². The van der Waals surface area contributed by atoms with E-state index in [1.165, 1.54) is 12.5 Å². The fourth-order valence-electron chi connectivity index (χ4n) is 4.43. The summed E-state index contributed by atoms with van der Waals surface area (Å²) in [5.41, 5.74) is 6.37. The second kappa shape index (κ2) is 20.9. The Bertz CT molecular complexity index is 1250. The van der Waals surface area contributed by atoms with Crippen LogP contribution in [0.1, 0.15) is 59.1 Å². The molecule has 0 saturated heterocycles. The van der Waals surface area contributed by atoms with Crippen LogP contribution in [0.25, 0.3) is 0 Å². The summed E-state index contributed by atoms with van der Waals surface area (Å²) in [6.07, 6.45) is 2.16. The zero-order chi connectivity index (χ0) is 36.6. The molecule has 19 heteroatoms. The molecule has 1 rings (SSSR count). The number of aliphatic hydroxyl groups excluding tert-OH is 1. The molecule has 0 aliphatic carbocycles. The van der Waals surface area contributed by atoms with E-state index in [4.69, 9.17) is 5.73 Å². The number of aromatic amines is 1. The van der Waals surface area contributed by atoms with Crippen molar-refractivity contribution in [2.45, 2.75) is 96.1 Å². The van der Waals surface area contributed by atoms with Gasteiger partial charge < -0.3 is 52.6 Å². The number of rotatable bonds is 22. The number of nitrogens with two attached hydrogens (primary N) is 1. The van der Waals surface area contributed by atoms with Gasteiger partial charge in [0.1, 0.15) is 30.2 Å². The third-order valence-electron chi connectivity index (χ3n) is 6.91. The molecule has 0 bridgehead atoms. The minimum atomic E-state index is -1.66. The van der Waals surface area contributed by atoms with Gasteiger partial charge in [-0.25, -0.2) is 9.78 Å². The van der Waals surface area contributed by atoms with E-state index in [0.717, 1.165) is 0 Å². The van der Waals surface area contributed by atoms with E-state index >= 15 is 0 Å². The Morgan fingerprint density at radius 3 is 1.77 bits per heavy atom.